The molecule has 0 saturated heterocycles. The Morgan fingerprint density at radius 1 is 1.21 bits per heavy atom. The normalized spacial score (nSPS) is 22.8. The van der Waals surface area contributed by atoms with Crippen LogP contribution in [0.1, 0.15) is 18.4 Å². The Balaban J connectivity index is 2.23. The maximum Gasteiger partial charge on any atom is 0.416 e. The van der Waals surface area contributed by atoms with Crippen molar-refractivity contribution >= 4 is 21.4 Å². The molecule has 19 heavy (non-hydrogen) atoms. The van der Waals surface area contributed by atoms with E-state index in [1.54, 1.807) is 0 Å². The molecule has 1 fully saturated rings. The van der Waals surface area contributed by atoms with Gasteiger partial charge >= 0.3 is 6.18 Å². The minimum Gasteiger partial charge on any atom is -0.324 e. The molecule has 0 atom stereocenters. The number of alkyl halides is 3. The lowest BCUT2D eigenvalue weighted by Crippen LogP contribution is -2.42. The fraction of sp³-hybridized carbons (Fsp3) is 0.364. The summed E-state index contributed by atoms with van der Waals surface area (Å²) in [5.74, 6) is -0.653. The van der Waals surface area contributed by atoms with E-state index in [1.165, 1.54) is 0 Å². The molecule has 3 rings (SSSR count). The highest BCUT2D eigenvalue weighted by molar-refractivity contribution is 7.94. The zero-order chi connectivity index (χ0) is 14.1. The van der Waals surface area contributed by atoms with E-state index in [1.807, 2.05) is 0 Å². The molecule has 1 aliphatic heterocycles. The molecule has 102 valence electrons. The zero-order valence-corrected chi connectivity index (χ0v) is 10.2. The topological polar surface area (TPSA) is 63.2 Å². The Morgan fingerprint density at radius 2 is 1.84 bits per heavy atom. The van der Waals surface area contributed by atoms with Crippen LogP contribution < -0.4 is 5.32 Å². The van der Waals surface area contributed by atoms with Crippen molar-refractivity contribution in [3.05, 3.63) is 23.8 Å². The van der Waals surface area contributed by atoms with Crippen LogP contribution in [0.5, 0.6) is 0 Å². The Morgan fingerprint density at radius 3 is 2.37 bits per heavy atom. The van der Waals surface area contributed by atoms with Gasteiger partial charge in [-0.25, -0.2) is 8.42 Å². The van der Waals surface area contributed by atoms with Crippen LogP contribution in [0.3, 0.4) is 0 Å². The van der Waals surface area contributed by atoms with E-state index in [0.717, 1.165) is 12.1 Å². The van der Waals surface area contributed by atoms with Gasteiger partial charge in [0.15, 0.2) is 14.6 Å². The number of halogens is 3. The molecule has 1 heterocycles. The fourth-order valence-electron chi connectivity index (χ4n) is 2.20. The zero-order valence-electron chi connectivity index (χ0n) is 9.41. The van der Waals surface area contributed by atoms with E-state index in [2.05, 4.69) is 5.32 Å². The maximum absolute atomic E-state index is 12.6. The van der Waals surface area contributed by atoms with Gasteiger partial charge in [-0.15, -0.1) is 0 Å². The number of hydrogen-bond acceptors (Lipinski definition) is 3. The van der Waals surface area contributed by atoms with E-state index >= 15 is 0 Å². The summed E-state index contributed by atoms with van der Waals surface area (Å²) < 4.78 is 60.8. The second-order valence-electron chi connectivity index (χ2n) is 4.66. The number of hydrogen-bond donors (Lipinski definition) is 1. The lowest BCUT2D eigenvalue weighted by atomic mass is 10.2. The van der Waals surface area contributed by atoms with Crippen LogP contribution in [0.15, 0.2) is 23.1 Å². The SMILES string of the molecule is O=C1Nc2ccc(C(F)(F)F)cc2S(=O)(=O)C12CC2. The standard InChI is InChI=1S/C11H8F3NO3S/c12-11(13,14)6-1-2-7-8(5-6)19(17,18)10(3-4-10)9(16)15-7/h1-2,5H,3-4H2,(H,15,16). The molecular weight excluding hydrogens is 283 g/mol. The van der Waals surface area contributed by atoms with Crippen molar-refractivity contribution in [2.75, 3.05) is 5.32 Å². The molecule has 2 aliphatic rings. The van der Waals surface area contributed by atoms with Crippen molar-refractivity contribution in [1.82, 2.24) is 0 Å². The molecule has 0 radical (unpaired) electrons. The molecule has 0 bridgehead atoms. The third-order valence-electron chi connectivity index (χ3n) is 3.48. The summed E-state index contributed by atoms with van der Waals surface area (Å²) >= 11 is 0. The monoisotopic (exact) mass is 291 g/mol. The number of amides is 1. The quantitative estimate of drug-likeness (QED) is 0.795. The second kappa shape index (κ2) is 3.30. The Labute approximate surface area is 106 Å². The summed E-state index contributed by atoms with van der Waals surface area (Å²) in [6.45, 7) is 0. The largest absolute Gasteiger partial charge is 0.416 e. The van der Waals surface area contributed by atoms with Crippen molar-refractivity contribution in [3.8, 4) is 0 Å². The van der Waals surface area contributed by atoms with Gasteiger partial charge in [0.1, 0.15) is 0 Å². The predicted octanol–water partition coefficient (Wildman–Crippen LogP) is 1.96. The summed E-state index contributed by atoms with van der Waals surface area (Å²) in [6, 6.07) is 2.31. The van der Waals surface area contributed by atoms with Crippen molar-refractivity contribution < 1.29 is 26.4 Å². The molecule has 1 aliphatic carbocycles. The summed E-state index contributed by atoms with van der Waals surface area (Å²) in [5, 5.41) is 2.36. The van der Waals surface area contributed by atoms with Gasteiger partial charge in [-0.1, -0.05) is 0 Å². The molecule has 1 amide bonds. The van der Waals surface area contributed by atoms with Gasteiger partial charge < -0.3 is 5.32 Å². The fourth-order valence-corrected chi connectivity index (χ4v) is 4.25. The minimum absolute atomic E-state index is 0.0875. The highest BCUT2D eigenvalue weighted by atomic mass is 32.2. The first-order valence-corrected chi connectivity index (χ1v) is 6.94. The molecule has 0 unspecified atom stereocenters. The summed E-state index contributed by atoms with van der Waals surface area (Å²) in [7, 11) is -4.05. The average Bonchev–Trinajstić information content (AvgIpc) is 3.07. The second-order valence-corrected chi connectivity index (χ2v) is 6.89. The summed E-state index contributed by atoms with van der Waals surface area (Å²) in [6.07, 6.45) is -4.32. The van der Waals surface area contributed by atoms with Crippen LogP contribution >= 0.6 is 0 Å². The number of sulfone groups is 1. The smallest absolute Gasteiger partial charge is 0.324 e. The van der Waals surface area contributed by atoms with Crippen molar-refractivity contribution in [3.63, 3.8) is 0 Å². The molecule has 1 spiro atoms. The van der Waals surface area contributed by atoms with Crippen molar-refractivity contribution in [1.29, 1.82) is 0 Å². The van der Waals surface area contributed by atoms with Gasteiger partial charge in [0, 0.05) is 0 Å². The third kappa shape index (κ3) is 1.52. The van der Waals surface area contributed by atoms with Crippen LogP contribution in [0.25, 0.3) is 0 Å². The van der Waals surface area contributed by atoms with E-state index < -0.39 is 37.1 Å². The molecule has 1 saturated carbocycles. The molecule has 8 heteroatoms. The van der Waals surface area contributed by atoms with E-state index in [-0.39, 0.29) is 18.5 Å². The van der Waals surface area contributed by atoms with E-state index in [4.69, 9.17) is 0 Å². The highest BCUT2D eigenvalue weighted by Crippen LogP contribution is 2.52. The van der Waals surface area contributed by atoms with Gasteiger partial charge in [0.2, 0.25) is 5.91 Å². The van der Waals surface area contributed by atoms with E-state index in [0.29, 0.717) is 6.07 Å². The first kappa shape index (κ1) is 12.5. The van der Waals surface area contributed by atoms with Crippen molar-refractivity contribution in [2.45, 2.75) is 28.7 Å². The summed E-state index contributed by atoms with van der Waals surface area (Å²) in [4.78, 5) is 11.3. The van der Waals surface area contributed by atoms with Gasteiger partial charge in [0.25, 0.3) is 0 Å². The van der Waals surface area contributed by atoms with Gasteiger partial charge in [-0.2, -0.15) is 13.2 Å². The van der Waals surface area contributed by atoms with Crippen LogP contribution in [0.4, 0.5) is 18.9 Å². The molecule has 4 nitrogen and oxygen atoms in total. The molecule has 1 aromatic carbocycles. The van der Waals surface area contributed by atoms with Crippen molar-refractivity contribution in [2.24, 2.45) is 0 Å². The third-order valence-corrected chi connectivity index (χ3v) is 6.02. The number of carbonyl (C=O) groups is 1. The predicted molar refractivity (Wildman–Crippen MR) is 59.2 cm³/mol. The number of fused-ring (bicyclic) bond motifs is 1. The Kier molecular flexibility index (Phi) is 2.16. The van der Waals surface area contributed by atoms with Gasteiger partial charge in [-0.3, -0.25) is 4.79 Å². The molecule has 1 aromatic rings. The van der Waals surface area contributed by atoms with Crippen LogP contribution in [0, 0.1) is 0 Å². The minimum atomic E-state index is -4.62. The molecular formula is C11H8F3NO3S. The van der Waals surface area contributed by atoms with Crippen LogP contribution in [-0.2, 0) is 20.8 Å². The number of nitrogens with one attached hydrogen (secondary N) is 1. The Bertz CT molecular complexity index is 690. The van der Waals surface area contributed by atoms with Gasteiger partial charge in [-0.05, 0) is 31.0 Å². The number of benzene rings is 1. The lowest BCUT2D eigenvalue weighted by Gasteiger charge is -2.25. The molecule has 1 N–H and O–H groups in total. The maximum atomic E-state index is 12.6. The van der Waals surface area contributed by atoms with Crippen LogP contribution in [0.2, 0.25) is 0 Å². The lowest BCUT2D eigenvalue weighted by molar-refractivity contribution is -0.137. The van der Waals surface area contributed by atoms with Crippen LogP contribution in [-0.4, -0.2) is 19.1 Å². The first-order chi connectivity index (χ1) is 8.68. The molecule has 0 aromatic heterocycles. The van der Waals surface area contributed by atoms with Gasteiger partial charge in [0.05, 0.1) is 16.1 Å². The van der Waals surface area contributed by atoms with E-state index in [9.17, 15) is 26.4 Å². The average molecular weight is 291 g/mol. The first-order valence-electron chi connectivity index (χ1n) is 5.46. The number of carbonyl (C=O) groups excluding carboxylic acids is 1. The number of rotatable bonds is 0. The summed E-state index contributed by atoms with van der Waals surface area (Å²) in [5.41, 5.74) is -1.13. The Hall–Kier alpha value is -1.57. The number of anilines is 1. The highest BCUT2D eigenvalue weighted by Gasteiger charge is 2.63.